The molecule has 1 aromatic heterocycles. The van der Waals surface area contributed by atoms with Gasteiger partial charge in [0.25, 0.3) is 0 Å². The van der Waals surface area contributed by atoms with Crippen LogP contribution >= 0.6 is 0 Å². The monoisotopic (exact) mass is 445 g/mol. The fourth-order valence-corrected chi connectivity index (χ4v) is 6.61. The molecule has 2 aromatic carbocycles. The number of fused-ring (bicyclic) bond motifs is 1. The summed E-state index contributed by atoms with van der Waals surface area (Å²) >= 11 is 0. The molecule has 170 valence electrons. The zero-order valence-electron chi connectivity index (χ0n) is 19.1. The quantitative estimate of drug-likeness (QED) is 0.600. The summed E-state index contributed by atoms with van der Waals surface area (Å²) in [6.45, 7) is 2.96. The lowest BCUT2D eigenvalue weighted by Crippen LogP contribution is -2.49. The molecule has 2 aliphatic heterocycles. The highest BCUT2D eigenvalue weighted by Crippen LogP contribution is 2.64. The number of hydrogen-bond acceptors (Lipinski definition) is 6. The Morgan fingerprint density at radius 3 is 2.61 bits per heavy atom. The van der Waals surface area contributed by atoms with E-state index in [0.717, 1.165) is 30.7 Å². The van der Waals surface area contributed by atoms with Gasteiger partial charge >= 0.3 is 0 Å². The van der Waals surface area contributed by atoms with Crippen molar-refractivity contribution in [3.8, 4) is 23.0 Å². The number of aromatic nitrogens is 2. The van der Waals surface area contributed by atoms with Gasteiger partial charge in [0, 0.05) is 30.4 Å². The van der Waals surface area contributed by atoms with Crippen molar-refractivity contribution in [1.82, 2.24) is 15.1 Å². The molecule has 7 heteroatoms. The van der Waals surface area contributed by atoms with E-state index in [0.29, 0.717) is 24.0 Å². The first kappa shape index (κ1) is 20.3. The van der Waals surface area contributed by atoms with Crippen molar-refractivity contribution in [2.75, 3.05) is 20.8 Å². The van der Waals surface area contributed by atoms with Crippen molar-refractivity contribution < 1.29 is 18.7 Å². The van der Waals surface area contributed by atoms with Gasteiger partial charge in [-0.05, 0) is 54.2 Å². The van der Waals surface area contributed by atoms with E-state index in [1.165, 1.54) is 11.1 Å². The molecule has 0 radical (unpaired) electrons. The summed E-state index contributed by atoms with van der Waals surface area (Å²) < 4.78 is 17.4. The summed E-state index contributed by atoms with van der Waals surface area (Å²) in [4.78, 5) is 15.3. The third kappa shape index (κ3) is 2.77. The van der Waals surface area contributed by atoms with Gasteiger partial charge in [0.05, 0.1) is 19.8 Å². The molecule has 1 saturated heterocycles. The molecular formula is C26H27N3O4. The highest BCUT2D eigenvalue weighted by Gasteiger charge is 2.65. The van der Waals surface area contributed by atoms with Gasteiger partial charge in [0.15, 0.2) is 11.5 Å². The van der Waals surface area contributed by atoms with Crippen molar-refractivity contribution in [2.45, 2.75) is 37.6 Å². The molecule has 7 nitrogen and oxygen atoms in total. The van der Waals surface area contributed by atoms with Crippen LogP contribution in [0.1, 0.15) is 42.7 Å². The fraction of sp³-hybridized carbons (Fsp3) is 0.423. The Kier molecular flexibility index (Phi) is 4.50. The smallest absolute Gasteiger partial charge is 0.247 e. The Labute approximate surface area is 192 Å². The van der Waals surface area contributed by atoms with Crippen LogP contribution in [0.5, 0.6) is 11.5 Å². The number of carbonyl (C=O) groups is 1. The predicted molar refractivity (Wildman–Crippen MR) is 121 cm³/mol. The Morgan fingerprint density at radius 2 is 1.85 bits per heavy atom. The van der Waals surface area contributed by atoms with Crippen LogP contribution in [0.15, 0.2) is 46.9 Å². The van der Waals surface area contributed by atoms with Gasteiger partial charge in [-0.15, -0.1) is 10.2 Å². The Hall–Kier alpha value is -3.35. The van der Waals surface area contributed by atoms with E-state index >= 15 is 0 Å². The van der Waals surface area contributed by atoms with Crippen LogP contribution in [-0.4, -0.2) is 41.8 Å². The average Bonchev–Trinajstić information content (AvgIpc) is 3.49. The number of carbonyl (C=O) groups excluding carboxylic acids is 1. The van der Waals surface area contributed by atoms with Crippen molar-refractivity contribution in [2.24, 2.45) is 11.8 Å². The molecule has 3 aliphatic rings. The van der Waals surface area contributed by atoms with E-state index in [-0.39, 0.29) is 29.2 Å². The molecule has 1 aliphatic carbocycles. The maximum atomic E-state index is 13.2. The van der Waals surface area contributed by atoms with Gasteiger partial charge < -0.3 is 18.8 Å². The Balaban J connectivity index is 1.46. The molecule has 3 heterocycles. The maximum absolute atomic E-state index is 13.2. The summed E-state index contributed by atoms with van der Waals surface area (Å²) in [7, 11) is 3.32. The molecule has 1 saturated carbocycles. The highest BCUT2D eigenvalue weighted by molar-refractivity contribution is 5.82. The van der Waals surface area contributed by atoms with Crippen LogP contribution in [0.4, 0.5) is 0 Å². The first-order valence-corrected chi connectivity index (χ1v) is 11.5. The molecular weight excluding hydrogens is 418 g/mol. The molecule has 3 aromatic rings. The van der Waals surface area contributed by atoms with Crippen molar-refractivity contribution in [3.05, 3.63) is 59.5 Å². The SMILES string of the molecule is COc1cc2c(cc1OC)[C@@]13C[C@H](C)[C@@H](c4nnc(-c5ccccc5)o4)[C@@H]1CC(=O)N3CC2. The molecule has 0 bridgehead atoms. The summed E-state index contributed by atoms with van der Waals surface area (Å²) in [5.41, 5.74) is 2.93. The topological polar surface area (TPSA) is 77.7 Å². The lowest BCUT2D eigenvalue weighted by Gasteiger charge is -2.44. The minimum Gasteiger partial charge on any atom is -0.493 e. The molecule has 33 heavy (non-hydrogen) atoms. The number of methoxy groups -OCH3 is 2. The first-order chi connectivity index (χ1) is 16.1. The third-order valence-electron chi connectivity index (χ3n) is 7.90. The predicted octanol–water partition coefficient (Wildman–Crippen LogP) is 4.18. The van der Waals surface area contributed by atoms with E-state index in [9.17, 15) is 4.79 Å². The average molecular weight is 446 g/mol. The number of amides is 1. The molecule has 4 atom stereocenters. The zero-order valence-corrected chi connectivity index (χ0v) is 19.1. The number of benzene rings is 2. The number of nitrogens with zero attached hydrogens (tertiary/aromatic N) is 3. The lowest BCUT2D eigenvalue weighted by molar-refractivity contribution is -0.132. The van der Waals surface area contributed by atoms with E-state index in [2.05, 4.69) is 34.2 Å². The summed E-state index contributed by atoms with van der Waals surface area (Å²) in [5, 5.41) is 8.81. The minimum atomic E-state index is -0.379. The molecule has 1 spiro atoms. The first-order valence-electron chi connectivity index (χ1n) is 11.5. The van der Waals surface area contributed by atoms with Gasteiger partial charge in [-0.2, -0.15) is 0 Å². The molecule has 2 fully saturated rings. The highest BCUT2D eigenvalue weighted by atomic mass is 16.5. The van der Waals surface area contributed by atoms with E-state index < -0.39 is 0 Å². The molecule has 0 N–H and O–H groups in total. The van der Waals surface area contributed by atoms with Crippen molar-refractivity contribution in [1.29, 1.82) is 0 Å². The van der Waals surface area contributed by atoms with Gasteiger partial charge in [-0.1, -0.05) is 25.1 Å². The molecule has 1 amide bonds. The maximum Gasteiger partial charge on any atom is 0.247 e. The van der Waals surface area contributed by atoms with Crippen LogP contribution in [0, 0.1) is 11.8 Å². The second kappa shape index (κ2) is 7.33. The van der Waals surface area contributed by atoms with Crippen LogP contribution in [0.25, 0.3) is 11.5 Å². The van der Waals surface area contributed by atoms with Crippen molar-refractivity contribution in [3.63, 3.8) is 0 Å². The number of rotatable bonds is 4. The number of ether oxygens (including phenoxy) is 2. The van der Waals surface area contributed by atoms with E-state index in [4.69, 9.17) is 13.9 Å². The number of hydrogen-bond donors (Lipinski definition) is 0. The lowest BCUT2D eigenvalue weighted by atomic mass is 9.74. The van der Waals surface area contributed by atoms with Gasteiger partial charge in [-0.3, -0.25) is 4.79 Å². The Morgan fingerprint density at radius 1 is 1.09 bits per heavy atom. The van der Waals surface area contributed by atoms with Crippen LogP contribution in [0.2, 0.25) is 0 Å². The van der Waals surface area contributed by atoms with Gasteiger partial charge in [0.2, 0.25) is 17.7 Å². The third-order valence-corrected chi connectivity index (χ3v) is 7.90. The Bertz CT molecular complexity index is 1220. The fourth-order valence-electron chi connectivity index (χ4n) is 6.61. The standard InChI is InChI=1S/C26H27N3O4/c1-15-14-26-18-12-21(32-3)20(31-2)11-17(18)9-10-29(26)22(30)13-19(26)23(15)25-28-27-24(33-25)16-7-5-4-6-8-16/h4-8,11-12,15,19,23H,9-10,13-14H2,1-3H3/t15-,19-,23+,26-/m0/s1. The zero-order chi connectivity index (χ0) is 22.7. The van der Waals surface area contributed by atoms with Gasteiger partial charge in [-0.25, -0.2) is 0 Å². The summed E-state index contributed by atoms with van der Waals surface area (Å²) in [5.74, 6) is 3.17. The second-order valence-corrected chi connectivity index (χ2v) is 9.41. The van der Waals surface area contributed by atoms with Crippen LogP contribution in [0.3, 0.4) is 0 Å². The minimum absolute atomic E-state index is 0.0166. The largest absolute Gasteiger partial charge is 0.493 e. The van der Waals surface area contributed by atoms with Crippen molar-refractivity contribution >= 4 is 5.91 Å². The van der Waals surface area contributed by atoms with Crippen LogP contribution < -0.4 is 9.47 Å². The summed E-state index contributed by atoms with van der Waals surface area (Å²) in [6.07, 6.45) is 2.17. The summed E-state index contributed by atoms with van der Waals surface area (Å²) in [6, 6.07) is 14.0. The van der Waals surface area contributed by atoms with E-state index in [1.54, 1.807) is 14.2 Å². The second-order valence-electron chi connectivity index (χ2n) is 9.41. The van der Waals surface area contributed by atoms with E-state index in [1.807, 2.05) is 30.3 Å². The normalized spacial score (nSPS) is 27.8. The molecule has 0 unspecified atom stereocenters. The molecule has 6 rings (SSSR count). The van der Waals surface area contributed by atoms with Gasteiger partial charge in [0.1, 0.15) is 0 Å². The van der Waals surface area contributed by atoms with Crippen LogP contribution in [-0.2, 0) is 16.8 Å².